The van der Waals surface area contributed by atoms with Crippen LogP contribution in [0.2, 0.25) is 0 Å². The molecular weight excluding hydrogens is 757 g/mol. The van der Waals surface area contributed by atoms with Crippen molar-refractivity contribution >= 4 is 34.4 Å². The number of aliphatic carboxylic acids is 1. The molecule has 0 saturated heterocycles. The second-order valence-electron chi connectivity index (χ2n) is 14.2. The highest BCUT2D eigenvalue weighted by Crippen LogP contribution is 2.35. The molecule has 0 aliphatic heterocycles. The van der Waals surface area contributed by atoms with E-state index in [9.17, 15) is 19.5 Å². The van der Waals surface area contributed by atoms with Crippen LogP contribution in [0.25, 0.3) is 21.9 Å². The minimum absolute atomic E-state index is 0.250. The highest BCUT2D eigenvalue weighted by atomic mass is 16.6. The Bertz CT molecular complexity index is 1860. The van der Waals surface area contributed by atoms with Crippen LogP contribution in [-0.2, 0) is 33.3 Å². The highest BCUT2D eigenvalue weighted by molar-refractivity contribution is 6.00. The third-order valence-corrected chi connectivity index (χ3v) is 9.21. The average molecular weight is 817 g/mol. The fourth-order valence-corrected chi connectivity index (χ4v) is 6.04. The summed E-state index contributed by atoms with van der Waals surface area (Å²) < 4.78 is 33.6. The first kappa shape index (κ1) is 46.4. The molecule has 14 heteroatoms. The molecule has 4 N–H and O–H groups in total. The number of ether oxygens (including phenoxy) is 6. The number of aromatic nitrogens is 1. The topological polar surface area (TPSA) is 176 Å². The molecule has 3 aromatic carbocycles. The van der Waals surface area contributed by atoms with Gasteiger partial charge in [-0.1, -0.05) is 68.4 Å². The van der Waals surface area contributed by atoms with E-state index in [-0.39, 0.29) is 25.3 Å². The summed E-state index contributed by atoms with van der Waals surface area (Å²) in [6.45, 7) is 9.36. The number of rotatable bonds is 30. The number of pyridine rings is 1. The Hall–Kier alpha value is -5.28. The zero-order valence-electron chi connectivity index (χ0n) is 34.5. The Balaban J connectivity index is 1.18. The van der Waals surface area contributed by atoms with Gasteiger partial charge in [0.15, 0.2) is 0 Å². The van der Waals surface area contributed by atoms with E-state index < -0.39 is 17.9 Å². The maximum Gasteiger partial charge on any atom is 0.305 e. The number of unbranched alkanes of at least 4 members (excludes halogenated alkanes) is 1. The van der Waals surface area contributed by atoms with E-state index in [1.54, 1.807) is 25.4 Å². The van der Waals surface area contributed by atoms with Crippen LogP contribution in [0.15, 0.2) is 79.0 Å². The minimum atomic E-state index is -1.06. The van der Waals surface area contributed by atoms with Crippen molar-refractivity contribution in [1.82, 2.24) is 15.6 Å². The van der Waals surface area contributed by atoms with E-state index in [1.165, 1.54) is 0 Å². The van der Waals surface area contributed by atoms with Crippen LogP contribution in [-0.4, -0.2) is 108 Å². The Morgan fingerprint density at radius 1 is 0.746 bits per heavy atom. The van der Waals surface area contributed by atoms with Crippen LogP contribution >= 0.6 is 0 Å². The molecule has 4 rings (SSSR count). The van der Waals surface area contributed by atoms with Gasteiger partial charge in [-0.15, -0.1) is 0 Å². The van der Waals surface area contributed by atoms with E-state index in [4.69, 9.17) is 28.4 Å². The SMILES string of the molecule is COc1ccnc(NCCCCC(=O)NCC(=O)N[C@@H](CC(=O)O)c2ccc(-c3ccc(OCCOCCOCCOCCOCCC(C)C)c4ccccc34)cc2)c1. The molecule has 1 aromatic heterocycles. The Labute approximate surface area is 347 Å². The normalized spacial score (nSPS) is 11.7. The number of hydrogen-bond donors (Lipinski definition) is 4. The molecule has 0 fully saturated rings. The van der Waals surface area contributed by atoms with Crippen molar-refractivity contribution in [1.29, 1.82) is 0 Å². The van der Waals surface area contributed by atoms with Crippen LogP contribution in [0.1, 0.15) is 57.6 Å². The standard InChI is InChI=1S/C45H60N4O10/c1-33(2)18-21-55-22-23-56-24-25-57-26-27-58-28-29-59-41-16-15-37(38-8-4-5-9-39(38)41)34-11-13-35(14-12-34)40(31-45(52)53)49-44(51)32-48-43(50)10-6-7-19-46-42-30-36(54-3)17-20-47-42/h4-5,8-9,11-17,20,30,33,40H,6-7,10,18-19,21-29,31-32H2,1-3H3,(H,46,47)(H,48,50)(H,49,51)(H,52,53)/t40-/m0/s1. The number of carboxylic acids is 1. The molecule has 0 bridgehead atoms. The van der Waals surface area contributed by atoms with Gasteiger partial charge in [0.05, 0.1) is 72.4 Å². The fourth-order valence-electron chi connectivity index (χ4n) is 6.04. The molecule has 1 heterocycles. The second-order valence-corrected chi connectivity index (χ2v) is 14.2. The summed E-state index contributed by atoms with van der Waals surface area (Å²) in [5, 5.41) is 20.1. The number of methoxy groups -OCH3 is 1. The largest absolute Gasteiger partial charge is 0.497 e. The quantitative estimate of drug-likeness (QED) is 0.0425. The van der Waals surface area contributed by atoms with Crippen molar-refractivity contribution in [2.24, 2.45) is 5.92 Å². The van der Waals surface area contributed by atoms with Gasteiger partial charge in [0.2, 0.25) is 11.8 Å². The van der Waals surface area contributed by atoms with Crippen molar-refractivity contribution in [3.8, 4) is 22.6 Å². The lowest BCUT2D eigenvalue weighted by Gasteiger charge is -2.19. The van der Waals surface area contributed by atoms with Crippen LogP contribution in [0.3, 0.4) is 0 Å². The molecule has 0 spiro atoms. The van der Waals surface area contributed by atoms with Crippen molar-refractivity contribution in [3.05, 3.63) is 84.6 Å². The fraction of sp³-hybridized carbons (Fsp3) is 0.467. The van der Waals surface area contributed by atoms with Crippen molar-refractivity contribution < 1.29 is 47.9 Å². The number of carbonyl (C=O) groups is 3. The predicted molar refractivity (Wildman–Crippen MR) is 227 cm³/mol. The van der Waals surface area contributed by atoms with E-state index in [1.807, 2.05) is 60.7 Å². The van der Waals surface area contributed by atoms with Gasteiger partial charge < -0.3 is 49.5 Å². The van der Waals surface area contributed by atoms with Crippen LogP contribution in [0.4, 0.5) is 5.82 Å². The van der Waals surface area contributed by atoms with Gasteiger partial charge in [-0.05, 0) is 59.4 Å². The molecule has 0 radical (unpaired) electrons. The van der Waals surface area contributed by atoms with E-state index in [2.05, 4.69) is 34.8 Å². The smallest absolute Gasteiger partial charge is 0.305 e. The molecule has 320 valence electrons. The molecular formula is C45H60N4O10. The summed E-state index contributed by atoms with van der Waals surface area (Å²) >= 11 is 0. The zero-order valence-corrected chi connectivity index (χ0v) is 34.5. The number of nitrogens with one attached hydrogen (secondary N) is 3. The highest BCUT2D eigenvalue weighted by Gasteiger charge is 2.19. The van der Waals surface area contributed by atoms with Crippen molar-refractivity contribution in [3.63, 3.8) is 0 Å². The zero-order chi connectivity index (χ0) is 42.1. The first-order chi connectivity index (χ1) is 28.7. The van der Waals surface area contributed by atoms with Gasteiger partial charge in [-0.2, -0.15) is 0 Å². The minimum Gasteiger partial charge on any atom is -0.497 e. The predicted octanol–water partition coefficient (Wildman–Crippen LogP) is 6.43. The van der Waals surface area contributed by atoms with E-state index in [0.717, 1.165) is 47.1 Å². The number of hydrogen-bond acceptors (Lipinski definition) is 11. The first-order valence-corrected chi connectivity index (χ1v) is 20.3. The van der Waals surface area contributed by atoms with E-state index >= 15 is 0 Å². The molecule has 2 amide bonds. The summed E-state index contributed by atoms with van der Waals surface area (Å²) in [6, 6.07) is 22.1. The lowest BCUT2D eigenvalue weighted by Crippen LogP contribution is -2.39. The molecule has 0 unspecified atom stereocenters. The Kier molecular flexibility index (Phi) is 21.0. The number of carboxylic acid groups (broad SMARTS) is 1. The molecule has 0 aliphatic carbocycles. The third kappa shape index (κ3) is 17.6. The van der Waals surface area contributed by atoms with Crippen LogP contribution in [0, 0.1) is 5.92 Å². The van der Waals surface area contributed by atoms with Gasteiger partial charge in [0.25, 0.3) is 0 Å². The summed E-state index contributed by atoms with van der Waals surface area (Å²) in [5.41, 5.74) is 2.53. The Morgan fingerprint density at radius 3 is 2.07 bits per heavy atom. The van der Waals surface area contributed by atoms with Gasteiger partial charge in [-0.3, -0.25) is 14.4 Å². The monoisotopic (exact) mass is 816 g/mol. The first-order valence-electron chi connectivity index (χ1n) is 20.3. The number of amides is 2. The van der Waals surface area contributed by atoms with Crippen molar-refractivity contribution in [2.45, 2.75) is 52.0 Å². The summed E-state index contributed by atoms with van der Waals surface area (Å²) in [7, 11) is 1.59. The molecule has 0 saturated carbocycles. The summed E-state index contributed by atoms with van der Waals surface area (Å²) in [6.07, 6.45) is 3.98. The van der Waals surface area contributed by atoms with Crippen LogP contribution < -0.4 is 25.4 Å². The lowest BCUT2D eigenvalue weighted by molar-refractivity contribution is -0.138. The molecule has 0 aliphatic rings. The van der Waals surface area contributed by atoms with Crippen molar-refractivity contribution in [2.75, 3.05) is 85.0 Å². The lowest BCUT2D eigenvalue weighted by atomic mass is 9.95. The van der Waals surface area contributed by atoms with Gasteiger partial charge in [0.1, 0.15) is 23.9 Å². The van der Waals surface area contributed by atoms with Gasteiger partial charge in [0, 0.05) is 37.2 Å². The number of anilines is 1. The number of fused-ring (bicyclic) bond motifs is 1. The third-order valence-electron chi connectivity index (χ3n) is 9.21. The number of carbonyl (C=O) groups excluding carboxylic acids is 2. The van der Waals surface area contributed by atoms with Gasteiger partial charge >= 0.3 is 5.97 Å². The molecule has 1 atom stereocenters. The molecule has 14 nitrogen and oxygen atoms in total. The average Bonchev–Trinajstić information content (AvgIpc) is 3.23. The maximum absolute atomic E-state index is 12.8. The number of benzene rings is 3. The van der Waals surface area contributed by atoms with Gasteiger partial charge in [-0.25, -0.2) is 4.98 Å². The maximum atomic E-state index is 12.8. The Morgan fingerprint density at radius 2 is 1.41 bits per heavy atom. The molecule has 4 aromatic rings. The number of nitrogens with zero attached hydrogens (tertiary/aromatic N) is 1. The van der Waals surface area contributed by atoms with Crippen LogP contribution in [0.5, 0.6) is 11.5 Å². The molecule has 59 heavy (non-hydrogen) atoms. The summed E-state index contributed by atoms with van der Waals surface area (Å²) in [4.78, 5) is 41.2. The van der Waals surface area contributed by atoms with E-state index in [0.29, 0.717) is 88.9 Å². The summed E-state index contributed by atoms with van der Waals surface area (Å²) in [5.74, 6) is 0.970. The second kappa shape index (κ2) is 26.7.